The normalized spacial score (nSPS) is 17.1. The summed E-state index contributed by atoms with van der Waals surface area (Å²) in [5.41, 5.74) is 2.64. The molecule has 1 aliphatic carbocycles. The molecule has 0 saturated carbocycles. The number of amides is 2. The molecule has 0 aliphatic heterocycles. The van der Waals surface area contributed by atoms with E-state index in [9.17, 15) is 9.59 Å². The van der Waals surface area contributed by atoms with Crippen LogP contribution >= 0.6 is 15.9 Å². The first kappa shape index (κ1) is 16.7. The van der Waals surface area contributed by atoms with E-state index in [0.29, 0.717) is 0 Å². The number of carbonyl (C=O) groups excluding carboxylic acids is 2. The molecule has 1 aromatic carbocycles. The number of aryl methyl sites for hydroxylation is 1. The molecule has 1 N–H and O–H groups in total. The van der Waals surface area contributed by atoms with Crippen LogP contribution in [0.3, 0.4) is 0 Å². The predicted molar refractivity (Wildman–Crippen MR) is 90.5 cm³/mol. The summed E-state index contributed by atoms with van der Waals surface area (Å²) in [6.07, 6.45) is 5.11. The number of halogens is 1. The van der Waals surface area contributed by atoms with Gasteiger partial charge in [-0.2, -0.15) is 0 Å². The number of hydrogen-bond acceptors (Lipinski definition) is 2. The minimum Gasteiger partial charge on any atom is -0.351 e. The van der Waals surface area contributed by atoms with Crippen molar-refractivity contribution in [1.29, 1.82) is 0 Å². The molecular formula is C17H21BrN2O2. The summed E-state index contributed by atoms with van der Waals surface area (Å²) in [4.78, 5) is 24.9. The molecule has 118 valence electrons. The maximum absolute atomic E-state index is 12.1. The molecule has 0 bridgehead atoms. The zero-order valence-corrected chi connectivity index (χ0v) is 14.4. The van der Waals surface area contributed by atoms with Crippen molar-refractivity contribution >= 4 is 27.7 Å². The average Bonchev–Trinajstić information content (AvgIpc) is 2.67. The van der Waals surface area contributed by atoms with Crippen LogP contribution in [0.15, 0.2) is 35.3 Å². The van der Waals surface area contributed by atoms with Crippen molar-refractivity contribution in [1.82, 2.24) is 10.2 Å². The van der Waals surface area contributed by atoms with Crippen LogP contribution in [0.1, 0.15) is 24.0 Å². The molecule has 1 atom stereocenters. The van der Waals surface area contributed by atoms with Crippen LogP contribution < -0.4 is 5.32 Å². The zero-order valence-electron chi connectivity index (χ0n) is 12.8. The van der Waals surface area contributed by atoms with Gasteiger partial charge in [-0.3, -0.25) is 9.59 Å². The van der Waals surface area contributed by atoms with Gasteiger partial charge >= 0.3 is 0 Å². The van der Waals surface area contributed by atoms with Crippen molar-refractivity contribution in [2.75, 3.05) is 13.6 Å². The molecule has 0 spiro atoms. The minimum absolute atomic E-state index is 0.0622. The van der Waals surface area contributed by atoms with Crippen LogP contribution in [0.25, 0.3) is 0 Å². The molecule has 1 aliphatic rings. The van der Waals surface area contributed by atoms with Crippen molar-refractivity contribution in [2.24, 2.45) is 0 Å². The molecule has 0 saturated heterocycles. The molecule has 1 unspecified atom stereocenters. The monoisotopic (exact) mass is 364 g/mol. The van der Waals surface area contributed by atoms with Crippen LogP contribution in [-0.2, 0) is 22.4 Å². The van der Waals surface area contributed by atoms with Gasteiger partial charge in [0.2, 0.25) is 11.8 Å². The first-order chi connectivity index (χ1) is 10.5. The molecule has 2 rings (SSSR count). The molecule has 5 heteroatoms. The summed E-state index contributed by atoms with van der Waals surface area (Å²) in [5, 5.41) is 3.05. The van der Waals surface area contributed by atoms with E-state index in [0.717, 1.165) is 30.2 Å². The molecule has 1 aromatic rings. The van der Waals surface area contributed by atoms with Gasteiger partial charge in [-0.25, -0.2) is 0 Å². The zero-order chi connectivity index (χ0) is 16.1. The third-order valence-corrected chi connectivity index (χ3v) is 4.42. The summed E-state index contributed by atoms with van der Waals surface area (Å²) < 4.78 is 1.06. The number of fused-ring (bicyclic) bond motifs is 1. The van der Waals surface area contributed by atoms with Gasteiger partial charge in [0.05, 0.1) is 6.54 Å². The Morgan fingerprint density at radius 1 is 1.45 bits per heavy atom. The molecule has 2 amide bonds. The van der Waals surface area contributed by atoms with Gasteiger partial charge in [0.15, 0.2) is 0 Å². The Balaban J connectivity index is 1.97. The molecule has 22 heavy (non-hydrogen) atoms. The highest BCUT2D eigenvalue weighted by Gasteiger charge is 2.19. The van der Waals surface area contributed by atoms with Crippen LogP contribution in [0.4, 0.5) is 0 Å². The maximum Gasteiger partial charge on any atom is 0.246 e. The minimum atomic E-state index is -0.245. The van der Waals surface area contributed by atoms with Gasteiger partial charge in [0.25, 0.3) is 0 Å². The quantitative estimate of drug-likeness (QED) is 0.658. The fourth-order valence-electron chi connectivity index (χ4n) is 2.78. The smallest absolute Gasteiger partial charge is 0.246 e. The predicted octanol–water partition coefficient (Wildman–Crippen LogP) is 2.46. The van der Waals surface area contributed by atoms with Crippen LogP contribution in [0.5, 0.6) is 0 Å². The average molecular weight is 365 g/mol. The second kappa shape index (κ2) is 7.58. The van der Waals surface area contributed by atoms with E-state index in [1.54, 1.807) is 7.05 Å². The molecule has 0 radical (unpaired) electrons. The Morgan fingerprint density at radius 3 is 2.95 bits per heavy atom. The van der Waals surface area contributed by atoms with Crippen molar-refractivity contribution in [3.05, 3.63) is 46.5 Å². The molecule has 0 fully saturated rings. The topological polar surface area (TPSA) is 49.4 Å². The standard InChI is InChI=1S/C17H21BrN2O2/c1-3-17(22)20(2)11-16(21)19-15-6-4-5-12-7-8-14(18)9-13(12)10-15/h3,7-9,15H,1,4-6,10-11H2,2H3,(H,19,21). The lowest BCUT2D eigenvalue weighted by molar-refractivity contribution is -0.131. The largest absolute Gasteiger partial charge is 0.351 e. The number of carbonyl (C=O) groups is 2. The van der Waals surface area contributed by atoms with E-state index in [1.807, 2.05) is 0 Å². The van der Waals surface area contributed by atoms with E-state index < -0.39 is 0 Å². The fourth-order valence-corrected chi connectivity index (χ4v) is 3.19. The number of nitrogens with zero attached hydrogens (tertiary/aromatic N) is 1. The van der Waals surface area contributed by atoms with E-state index in [1.165, 1.54) is 22.1 Å². The summed E-state index contributed by atoms with van der Waals surface area (Å²) in [7, 11) is 1.60. The summed E-state index contributed by atoms with van der Waals surface area (Å²) >= 11 is 3.50. The van der Waals surface area contributed by atoms with Gasteiger partial charge in [-0.15, -0.1) is 0 Å². The second-order valence-electron chi connectivity index (χ2n) is 5.67. The van der Waals surface area contributed by atoms with Crippen molar-refractivity contribution < 1.29 is 9.59 Å². The number of benzene rings is 1. The third-order valence-electron chi connectivity index (χ3n) is 3.93. The SMILES string of the molecule is C=CC(=O)N(C)CC(=O)NC1CCCc2ccc(Br)cc2C1. The number of rotatable bonds is 4. The molecule has 0 aromatic heterocycles. The van der Waals surface area contributed by atoms with E-state index in [2.05, 4.69) is 46.0 Å². The Labute approximate surface area is 139 Å². The molecule has 0 heterocycles. The van der Waals surface area contributed by atoms with Gasteiger partial charge in [0.1, 0.15) is 0 Å². The van der Waals surface area contributed by atoms with E-state index in [4.69, 9.17) is 0 Å². The van der Waals surface area contributed by atoms with Crippen molar-refractivity contribution in [3.63, 3.8) is 0 Å². The van der Waals surface area contributed by atoms with E-state index >= 15 is 0 Å². The second-order valence-corrected chi connectivity index (χ2v) is 6.59. The Hall–Kier alpha value is -1.62. The summed E-state index contributed by atoms with van der Waals surface area (Å²) in [5.74, 6) is -0.369. The number of likely N-dealkylation sites (N-methyl/N-ethyl adjacent to an activating group) is 1. The summed E-state index contributed by atoms with van der Waals surface area (Å²) in [6.45, 7) is 3.49. The van der Waals surface area contributed by atoms with Crippen molar-refractivity contribution in [2.45, 2.75) is 31.7 Å². The maximum atomic E-state index is 12.1. The number of nitrogens with one attached hydrogen (secondary N) is 1. The highest BCUT2D eigenvalue weighted by molar-refractivity contribution is 9.10. The fraction of sp³-hybridized carbons (Fsp3) is 0.412. The first-order valence-electron chi connectivity index (χ1n) is 7.44. The molecular weight excluding hydrogens is 344 g/mol. The highest BCUT2D eigenvalue weighted by atomic mass is 79.9. The lowest BCUT2D eigenvalue weighted by Crippen LogP contribution is -2.43. The van der Waals surface area contributed by atoms with Gasteiger partial charge < -0.3 is 10.2 Å². The third kappa shape index (κ3) is 4.44. The lowest BCUT2D eigenvalue weighted by atomic mass is 10.0. The Bertz CT molecular complexity index is 586. The Morgan fingerprint density at radius 2 is 2.23 bits per heavy atom. The van der Waals surface area contributed by atoms with Gasteiger partial charge in [-0.1, -0.05) is 28.6 Å². The van der Waals surface area contributed by atoms with Gasteiger partial charge in [0, 0.05) is 17.6 Å². The van der Waals surface area contributed by atoms with Gasteiger partial charge in [-0.05, 0) is 55.0 Å². The highest BCUT2D eigenvalue weighted by Crippen LogP contribution is 2.24. The van der Waals surface area contributed by atoms with Crippen molar-refractivity contribution in [3.8, 4) is 0 Å². The number of hydrogen-bond donors (Lipinski definition) is 1. The van der Waals surface area contributed by atoms with Crippen LogP contribution in [-0.4, -0.2) is 36.3 Å². The first-order valence-corrected chi connectivity index (χ1v) is 8.23. The van der Waals surface area contributed by atoms with Crippen LogP contribution in [0, 0.1) is 0 Å². The Kier molecular flexibility index (Phi) is 5.77. The van der Waals surface area contributed by atoms with Crippen LogP contribution in [0.2, 0.25) is 0 Å². The lowest BCUT2D eigenvalue weighted by Gasteiger charge is -2.20. The molecule has 4 nitrogen and oxygen atoms in total. The summed E-state index contributed by atoms with van der Waals surface area (Å²) in [6, 6.07) is 6.47. The van der Waals surface area contributed by atoms with E-state index in [-0.39, 0.29) is 24.4 Å².